The van der Waals surface area contributed by atoms with Gasteiger partial charge in [-0.15, -0.1) is 0 Å². The molecule has 0 radical (unpaired) electrons. The number of carbonyl (C=O) groups is 1. The summed E-state index contributed by atoms with van der Waals surface area (Å²) in [7, 11) is 0. The Kier molecular flexibility index (Phi) is 3.64. The van der Waals surface area contributed by atoms with Crippen LogP contribution in [0.2, 0.25) is 0 Å². The highest BCUT2D eigenvalue weighted by Gasteiger charge is 2.20. The van der Waals surface area contributed by atoms with Crippen LogP contribution in [0.3, 0.4) is 0 Å². The minimum atomic E-state index is -1.65. The van der Waals surface area contributed by atoms with Crippen LogP contribution in [0.4, 0.5) is 13.2 Å². The standard InChI is InChI=1S/C12H10F3N3O/c1-2-18-10(16-6-17-18)5-9(19)7-3-4-8(13)12(15)11(7)14/h3-4,6H,2,5H2,1H3. The van der Waals surface area contributed by atoms with Crippen LogP contribution in [0.25, 0.3) is 0 Å². The van der Waals surface area contributed by atoms with Gasteiger partial charge in [-0.2, -0.15) is 5.10 Å². The maximum atomic E-state index is 13.4. The molecule has 0 aliphatic heterocycles. The number of hydrogen-bond acceptors (Lipinski definition) is 3. The van der Waals surface area contributed by atoms with E-state index in [-0.39, 0.29) is 6.42 Å². The number of nitrogens with zero attached hydrogens (tertiary/aromatic N) is 3. The first-order chi connectivity index (χ1) is 9.04. The lowest BCUT2D eigenvalue weighted by Crippen LogP contribution is -2.13. The molecule has 19 heavy (non-hydrogen) atoms. The minimum absolute atomic E-state index is 0.226. The molecular weight excluding hydrogens is 259 g/mol. The van der Waals surface area contributed by atoms with E-state index >= 15 is 0 Å². The third kappa shape index (κ3) is 2.49. The van der Waals surface area contributed by atoms with E-state index in [1.54, 1.807) is 6.92 Å². The maximum absolute atomic E-state index is 13.4. The zero-order chi connectivity index (χ0) is 14.0. The lowest BCUT2D eigenvalue weighted by atomic mass is 10.1. The highest BCUT2D eigenvalue weighted by atomic mass is 19.2. The van der Waals surface area contributed by atoms with E-state index in [1.165, 1.54) is 11.0 Å². The van der Waals surface area contributed by atoms with Gasteiger partial charge in [0, 0.05) is 6.54 Å². The molecule has 0 fully saturated rings. The molecule has 0 spiro atoms. The van der Waals surface area contributed by atoms with E-state index in [1.807, 2.05) is 0 Å². The molecule has 0 unspecified atom stereocenters. The van der Waals surface area contributed by atoms with Crippen molar-refractivity contribution in [2.45, 2.75) is 19.9 Å². The van der Waals surface area contributed by atoms with Crippen LogP contribution in [0.15, 0.2) is 18.5 Å². The summed E-state index contributed by atoms with van der Waals surface area (Å²) in [5, 5.41) is 3.86. The average molecular weight is 269 g/mol. The summed E-state index contributed by atoms with van der Waals surface area (Å²) in [6.45, 7) is 2.31. The van der Waals surface area contributed by atoms with Crippen molar-refractivity contribution in [3.63, 3.8) is 0 Å². The summed E-state index contributed by atoms with van der Waals surface area (Å²) in [5.41, 5.74) is -0.496. The number of aryl methyl sites for hydroxylation is 1. The topological polar surface area (TPSA) is 47.8 Å². The van der Waals surface area contributed by atoms with E-state index in [9.17, 15) is 18.0 Å². The number of aromatic nitrogens is 3. The van der Waals surface area contributed by atoms with Crippen LogP contribution in [0, 0.1) is 17.5 Å². The average Bonchev–Trinajstić information content (AvgIpc) is 2.83. The lowest BCUT2D eigenvalue weighted by molar-refractivity contribution is 0.0984. The normalized spacial score (nSPS) is 10.7. The fourth-order valence-electron chi connectivity index (χ4n) is 1.67. The Morgan fingerprint density at radius 2 is 2.00 bits per heavy atom. The van der Waals surface area contributed by atoms with Crippen molar-refractivity contribution in [3.8, 4) is 0 Å². The molecule has 0 aliphatic carbocycles. The van der Waals surface area contributed by atoms with Gasteiger partial charge in [0.25, 0.3) is 0 Å². The second kappa shape index (κ2) is 5.21. The Morgan fingerprint density at radius 1 is 1.26 bits per heavy atom. The van der Waals surface area contributed by atoms with Crippen LogP contribution < -0.4 is 0 Å². The predicted octanol–water partition coefficient (Wildman–Crippen LogP) is 2.14. The number of hydrogen-bond donors (Lipinski definition) is 0. The summed E-state index contributed by atoms with van der Waals surface area (Å²) >= 11 is 0. The number of rotatable bonds is 4. The van der Waals surface area contributed by atoms with Crippen molar-refractivity contribution >= 4 is 5.78 Å². The largest absolute Gasteiger partial charge is 0.294 e. The molecule has 0 atom stereocenters. The first-order valence-electron chi connectivity index (χ1n) is 5.58. The minimum Gasteiger partial charge on any atom is -0.294 e. The summed E-state index contributed by atoms with van der Waals surface area (Å²) in [6.07, 6.45) is 1.05. The fourth-order valence-corrected chi connectivity index (χ4v) is 1.67. The second-order valence-electron chi connectivity index (χ2n) is 3.81. The summed E-state index contributed by atoms with van der Waals surface area (Å²) in [5.74, 6) is -4.79. The first kappa shape index (κ1) is 13.3. The maximum Gasteiger partial charge on any atom is 0.195 e. The van der Waals surface area contributed by atoms with Crippen molar-refractivity contribution in [1.29, 1.82) is 0 Å². The van der Waals surface area contributed by atoms with Crippen LogP contribution in [-0.4, -0.2) is 20.5 Å². The van der Waals surface area contributed by atoms with Crippen LogP contribution >= 0.6 is 0 Å². The fraction of sp³-hybridized carbons (Fsp3) is 0.250. The zero-order valence-electron chi connectivity index (χ0n) is 10.0. The van der Waals surface area contributed by atoms with Gasteiger partial charge in [-0.25, -0.2) is 22.8 Å². The Balaban J connectivity index is 2.28. The van der Waals surface area contributed by atoms with Crippen molar-refractivity contribution in [2.75, 3.05) is 0 Å². The van der Waals surface area contributed by atoms with Gasteiger partial charge in [0.15, 0.2) is 23.2 Å². The van der Waals surface area contributed by atoms with Gasteiger partial charge in [-0.05, 0) is 19.1 Å². The third-order valence-corrected chi connectivity index (χ3v) is 2.65. The molecule has 7 heteroatoms. The summed E-state index contributed by atoms with van der Waals surface area (Å²) in [6, 6.07) is 1.64. The van der Waals surface area contributed by atoms with Gasteiger partial charge >= 0.3 is 0 Å². The first-order valence-corrected chi connectivity index (χ1v) is 5.58. The molecule has 2 aromatic rings. The van der Waals surface area contributed by atoms with Gasteiger partial charge < -0.3 is 0 Å². The molecule has 0 aliphatic rings. The summed E-state index contributed by atoms with van der Waals surface area (Å²) < 4.78 is 40.7. The molecule has 4 nitrogen and oxygen atoms in total. The van der Waals surface area contributed by atoms with Crippen LogP contribution in [0.1, 0.15) is 23.1 Å². The molecule has 0 amide bonds. The second-order valence-corrected chi connectivity index (χ2v) is 3.81. The van der Waals surface area contributed by atoms with Crippen molar-refractivity contribution in [1.82, 2.24) is 14.8 Å². The van der Waals surface area contributed by atoms with Gasteiger partial charge in [0.2, 0.25) is 0 Å². The highest BCUT2D eigenvalue weighted by Crippen LogP contribution is 2.16. The van der Waals surface area contributed by atoms with E-state index in [0.29, 0.717) is 12.4 Å². The molecule has 0 N–H and O–H groups in total. The Morgan fingerprint density at radius 3 is 2.68 bits per heavy atom. The number of ketones is 1. The number of carbonyl (C=O) groups excluding carboxylic acids is 1. The zero-order valence-corrected chi connectivity index (χ0v) is 10.0. The molecule has 1 heterocycles. The molecule has 0 saturated heterocycles. The Bertz CT molecular complexity index is 625. The Labute approximate surface area is 106 Å². The molecule has 0 bridgehead atoms. The van der Waals surface area contributed by atoms with Crippen LogP contribution in [0.5, 0.6) is 0 Å². The summed E-state index contributed by atoms with van der Waals surface area (Å²) in [4.78, 5) is 15.7. The van der Waals surface area contributed by atoms with Gasteiger partial charge in [0.1, 0.15) is 12.2 Å². The number of benzene rings is 1. The molecule has 1 aromatic carbocycles. The third-order valence-electron chi connectivity index (χ3n) is 2.65. The quantitative estimate of drug-likeness (QED) is 0.631. The van der Waals surface area contributed by atoms with Crippen LogP contribution in [-0.2, 0) is 13.0 Å². The van der Waals surface area contributed by atoms with Gasteiger partial charge in [-0.1, -0.05) is 0 Å². The van der Waals surface area contributed by atoms with E-state index in [4.69, 9.17) is 0 Å². The van der Waals surface area contributed by atoms with E-state index < -0.39 is 28.8 Å². The Hall–Kier alpha value is -2.18. The molecule has 0 saturated carbocycles. The SMILES string of the molecule is CCn1ncnc1CC(=O)c1ccc(F)c(F)c1F. The lowest BCUT2D eigenvalue weighted by Gasteiger charge is -2.05. The van der Waals surface area contributed by atoms with E-state index in [2.05, 4.69) is 10.1 Å². The van der Waals surface area contributed by atoms with Gasteiger partial charge in [-0.3, -0.25) is 4.79 Å². The molecule has 100 valence electrons. The number of Topliss-reactive ketones (excluding diaryl/α,β-unsaturated/α-hetero) is 1. The monoisotopic (exact) mass is 269 g/mol. The van der Waals surface area contributed by atoms with Crippen molar-refractivity contribution in [3.05, 3.63) is 47.3 Å². The molecular formula is C12H10F3N3O. The van der Waals surface area contributed by atoms with Crippen molar-refractivity contribution in [2.24, 2.45) is 0 Å². The van der Waals surface area contributed by atoms with Crippen molar-refractivity contribution < 1.29 is 18.0 Å². The highest BCUT2D eigenvalue weighted by molar-refractivity contribution is 5.97. The number of halogens is 3. The molecule has 1 aromatic heterocycles. The molecule has 2 rings (SSSR count). The smallest absolute Gasteiger partial charge is 0.195 e. The predicted molar refractivity (Wildman–Crippen MR) is 60.0 cm³/mol. The van der Waals surface area contributed by atoms with E-state index in [0.717, 1.165) is 12.1 Å². The van der Waals surface area contributed by atoms with Gasteiger partial charge in [0.05, 0.1) is 12.0 Å².